The van der Waals surface area contributed by atoms with Gasteiger partial charge in [0.2, 0.25) is 5.91 Å². The van der Waals surface area contributed by atoms with Crippen molar-refractivity contribution in [1.29, 1.82) is 0 Å². The van der Waals surface area contributed by atoms with Crippen LogP contribution in [0.25, 0.3) is 11.1 Å². The molecule has 1 saturated heterocycles. The van der Waals surface area contributed by atoms with Crippen LogP contribution < -0.4 is 15.4 Å². The van der Waals surface area contributed by atoms with E-state index in [-0.39, 0.29) is 24.2 Å². The highest BCUT2D eigenvalue weighted by molar-refractivity contribution is 6.05. The van der Waals surface area contributed by atoms with Crippen molar-refractivity contribution in [2.24, 2.45) is 0 Å². The summed E-state index contributed by atoms with van der Waals surface area (Å²) < 4.78 is 24.1. The Morgan fingerprint density at radius 1 is 0.971 bits per heavy atom. The zero-order chi connectivity index (χ0) is 23.9. The number of anilines is 2. The van der Waals surface area contributed by atoms with Gasteiger partial charge in [0, 0.05) is 24.3 Å². The van der Waals surface area contributed by atoms with Crippen molar-refractivity contribution in [3.8, 4) is 16.9 Å². The number of ether oxygens (including phenoxy) is 2. The highest BCUT2D eigenvalue weighted by Crippen LogP contribution is 2.28. The molecular weight excluding hydrogens is 437 g/mol. The van der Waals surface area contributed by atoms with Gasteiger partial charge in [-0.25, -0.2) is 4.39 Å². The summed E-state index contributed by atoms with van der Waals surface area (Å²) in [5, 5.41) is 5.70. The minimum absolute atomic E-state index is 0.170. The van der Waals surface area contributed by atoms with Gasteiger partial charge in [-0.2, -0.15) is 0 Å². The number of halogens is 1. The monoisotopic (exact) mass is 463 g/mol. The SMILES string of the molecule is COc1ccc(NC(=O)c2ccc(-c3cccc(F)c3)cc2)cc1NC(=O)CN1CCOCC1. The largest absolute Gasteiger partial charge is 0.495 e. The molecule has 0 aromatic heterocycles. The number of nitrogens with zero attached hydrogens (tertiary/aromatic N) is 1. The van der Waals surface area contributed by atoms with Gasteiger partial charge in [0.05, 0.1) is 32.6 Å². The molecular formula is C26H26FN3O4. The smallest absolute Gasteiger partial charge is 0.255 e. The fraction of sp³-hybridized carbons (Fsp3) is 0.231. The van der Waals surface area contributed by atoms with Gasteiger partial charge in [0.15, 0.2) is 0 Å². The fourth-order valence-electron chi connectivity index (χ4n) is 3.72. The highest BCUT2D eigenvalue weighted by Gasteiger charge is 2.16. The summed E-state index contributed by atoms with van der Waals surface area (Å²) in [7, 11) is 1.52. The molecule has 7 nitrogen and oxygen atoms in total. The maximum absolute atomic E-state index is 13.5. The second-order valence-corrected chi connectivity index (χ2v) is 7.89. The lowest BCUT2D eigenvalue weighted by Crippen LogP contribution is -2.41. The Kier molecular flexibility index (Phi) is 7.51. The van der Waals surface area contributed by atoms with Crippen molar-refractivity contribution in [3.05, 3.63) is 78.1 Å². The highest BCUT2D eigenvalue weighted by atomic mass is 19.1. The van der Waals surface area contributed by atoms with E-state index in [1.54, 1.807) is 48.5 Å². The van der Waals surface area contributed by atoms with Crippen molar-refractivity contribution in [2.75, 3.05) is 50.6 Å². The molecule has 4 rings (SSSR count). The molecule has 1 fully saturated rings. The van der Waals surface area contributed by atoms with E-state index in [1.807, 2.05) is 11.0 Å². The number of carbonyl (C=O) groups excluding carboxylic acids is 2. The molecule has 8 heteroatoms. The van der Waals surface area contributed by atoms with Gasteiger partial charge in [0.1, 0.15) is 11.6 Å². The first-order valence-electron chi connectivity index (χ1n) is 11.0. The number of carbonyl (C=O) groups is 2. The minimum atomic E-state index is -0.313. The Balaban J connectivity index is 1.42. The van der Waals surface area contributed by atoms with Gasteiger partial charge in [0.25, 0.3) is 5.91 Å². The number of morpholine rings is 1. The maximum Gasteiger partial charge on any atom is 0.255 e. The predicted molar refractivity (Wildman–Crippen MR) is 129 cm³/mol. The number of nitrogens with one attached hydrogen (secondary N) is 2. The second-order valence-electron chi connectivity index (χ2n) is 7.89. The van der Waals surface area contributed by atoms with Crippen molar-refractivity contribution >= 4 is 23.2 Å². The molecule has 176 valence electrons. The van der Waals surface area contributed by atoms with Gasteiger partial charge in [-0.05, 0) is 53.6 Å². The average molecular weight is 464 g/mol. The Labute approximate surface area is 197 Å². The summed E-state index contributed by atoms with van der Waals surface area (Å²) in [5.41, 5.74) is 2.99. The standard InChI is InChI=1S/C26H26FN3O4/c1-33-24-10-9-22(16-23(24)29-25(31)17-30-11-13-34-14-12-30)28-26(32)19-7-5-18(6-8-19)20-3-2-4-21(27)15-20/h2-10,15-16H,11-14,17H2,1H3,(H,28,32)(H,29,31). The van der Waals surface area contributed by atoms with Crippen LogP contribution in [0.5, 0.6) is 5.75 Å². The van der Waals surface area contributed by atoms with Crippen LogP contribution in [0.2, 0.25) is 0 Å². The van der Waals surface area contributed by atoms with E-state index in [4.69, 9.17) is 9.47 Å². The van der Waals surface area contributed by atoms with Crippen LogP contribution in [-0.2, 0) is 9.53 Å². The van der Waals surface area contributed by atoms with E-state index in [9.17, 15) is 14.0 Å². The normalized spacial score (nSPS) is 13.8. The molecule has 0 bridgehead atoms. The zero-order valence-electron chi connectivity index (χ0n) is 18.8. The molecule has 0 saturated carbocycles. The van der Waals surface area contributed by atoms with E-state index in [2.05, 4.69) is 10.6 Å². The number of hydrogen-bond donors (Lipinski definition) is 2. The number of rotatable bonds is 7. The molecule has 2 amide bonds. The van der Waals surface area contributed by atoms with Crippen molar-refractivity contribution in [1.82, 2.24) is 4.90 Å². The van der Waals surface area contributed by atoms with E-state index in [0.717, 1.165) is 11.1 Å². The molecule has 34 heavy (non-hydrogen) atoms. The molecule has 0 spiro atoms. The zero-order valence-corrected chi connectivity index (χ0v) is 18.8. The molecule has 3 aromatic carbocycles. The molecule has 0 unspecified atom stereocenters. The predicted octanol–water partition coefficient (Wildman–Crippen LogP) is 4.02. The van der Waals surface area contributed by atoms with E-state index in [1.165, 1.54) is 19.2 Å². The van der Waals surface area contributed by atoms with Crippen LogP contribution in [0, 0.1) is 5.82 Å². The Morgan fingerprint density at radius 2 is 1.74 bits per heavy atom. The van der Waals surface area contributed by atoms with Crippen LogP contribution in [0.1, 0.15) is 10.4 Å². The molecule has 1 aliphatic rings. The first-order chi connectivity index (χ1) is 16.5. The third kappa shape index (κ3) is 5.98. The van der Waals surface area contributed by atoms with E-state index >= 15 is 0 Å². The number of benzene rings is 3. The maximum atomic E-state index is 13.5. The number of amides is 2. The third-order valence-corrected chi connectivity index (χ3v) is 5.51. The van der Waals surface area contributed by atoms with Crippen molar-refractivity contribution < 1.29 is 23.5 Å². The summed E-state index contributed by atoms with van der Waals surface area (Å²) in [5.74, 6) is -0.294. The molecule has 3 aromatic rings. The van der Waals surface area contributed by atoms with Gasteiger partial charge in [-0.1, -0.05) is 24.3 Å². The quantitative estimate of drug-likeness (QED) is 0.553. The summed E-state index contributed by atoms with van der Waals surface area (Å²) in [4.78, 5) is 27.3. The Bertz CT molecular complexity index is 1160. The topological polar surface area (TPSA) is 79.9 Å². The Hall–Kier alpha value is -3.75. The van der Waals surface area contributed by atoms with Crippen molar-refractivity contribution in [2.45, 2.75) is 0 Å². The van der Waals surface area contributed by atoms with E-state index < -0.39 is 0 Å². The summed E-state index contributed by atoms with van der Waals surface area (Å²) in [6, 6.07) is 18.3. The minimum Gasteiger partial charge on any atom is -0.495 e. The van der Waals surface area contributed by atoms with Crippen LogP contribution >= 0.6 is 0 Å². The first kappa shape index (κ1) is 23.4. The first-order valence-corrected chi connectivity index (χ1v) is 11.0. The molecule has 1 heterocycles. The number of methoxy groups -OCH3 is 1. The third-order valence-electron chi connectivity index (χ3n) is 5.51. The van der Waals surface area contributed by atoms with Gasteiger partial charge in [-0.3, -0.25) is 14.5 Å². The lowest BCUT2D eigenvalue weighted by molar-refractivity contribution is -0.118. The lowest BCUT2D eigenvalue weighted by Gasteiger charge is -2.26. The number of hydrogen-bond acceptors (Lipinski definition) is 5. The summed E-state index contributed by atoms with van der Waals surface area (Å²) in [6.45, 7) is 2.89. The van der Waals surface area contributed by atoms with Gasteiger partial charge in [-0.15, -0.1) is 0 Å². The fourth-order valence-corrected chi connectivity index (χ4v) is 3.72. The van der Waals surface area contributed by atoms with Gasteiger partial charge < -0.3 is 20.1 Å². The summed E-state index contributed by atoms with van der Waals surface area (Å²) >= 11 is 0. The molecule has 0 atom stereocenters. The molecule has 2 N–H and O–H groups in total. The van der Waals surface area contributed by atoms with Crippen LogP contribution in [0.15, 0.2) is 66.7 Å². The molecule has 0 aliphatic carbocycles. The second kappa shape index (κ2) is 10.9. The average Bonchev–Trinajstić information content (AvgIpc) is 2.85. The van der Waals surface area contributed by atoms with Crippen molar-refractivity contribution in [3.63, 3.8) is 0 Å². The lowest BCUT2D eigenvalue weighted by atomic mass is 10.0. The van der Waals surface area contributed by atoms with Crippen LogP contribution in [0.4, 0.5) is 15.8 Å². The Morgan fingerprint density at radius 3 is 2.44 bits per heavy atom. The molecule has 0 radical (unpaired) electrons. The van der Waals surface area contributed by atoms with Crippen LogP contribution in [-0.4, -0.2) is 56.7 Å². The van der Waals surface area contributed by atoms with Gasteiger partial charge >= 0.3 is 0 Å². The van der Waals surface area contributed by atoms with E-state index in [0.29, 0.717) is 49.0 Å². The molecule has 1 aliphatic heterocycles. The van der Waals surface area contributed by atoms with Crippen LogP contribution in [0.3, 0.4) is 0 Å². The summed E-state index contributed by atoms with van der Waals surface area (Å²) in [6.07, 6.45) is 0.